The van der Waals surface area contributed by atoms with Gasteiger partial charge in [0, 0.05) is 20.9 Å². The van der Waals surface area contributed by atoms with Gasteiger partial charge in [0.2, 0.25) is 0 Å². The van der Waals surface area contributed by atoms with Crippen LogP contribution < -0.4 is 0 Å². The summed E-state index contributed by atoms with van der Waals surface area (Å²) in [5, 5.41) is 4.08. The van der Waals surface area contributed by atoms with Crippen LogP contribution >= 0.6 is 0 Å². The van der Waals surface area contributed by atoms with Crippen LogP contribution in [0.3, 0.4) is 0 Å². The van der Waals surface area contributed by atoms with Crippen molar-refractivity contribution in [2.45, 2.75) is 33.4 Å². The van der Waals surface area contributed by atoms with E-state index in [-0.39, 0.29) is 0 Å². The Hall–Kier alpha value is -3.86. The molecule has 0 bridgehead atoms. The monoisotopic (exact) mass is 530 g/mol. The zero-order chi connectivity index (χ0) is 26.2. The van der Waals surface area contributed by atoms with E-state index in [0.717, 1.165) is 53.6 Å². The van der Waals surface area contributed by atoms with E-state index >= 15 is 0 Å². The van der Waals surface area contributed by atoms with Crippen LogP contribution in [-0.2, 0) is 21.6 Å². The van der Waals surface area contributed by atoms with Crippen LogP contribution in [-0.4, -0.2) is 8.42 Å². The zero-order valence-electron chi connectivity index (χ0n) is 21.2. The van der Waals surface area contributed by atoms with Crippen LogP contribution in [0.15, 0.2) is 141 Å². The van der Waals surface area contributed by atoms with Gasteiger partial charge in [0.25, 0.3) is 0 Å². The summed E-state index contributed by atoms with van der Waals surface area (Å²) in [6.07, 6.45) is 0. The van der Waals surface area contributed by atoms with Crippen molar-refractivity contribution in [2.75, 3.05) is 0 Å². The third-order valence-corrected chi connectivity index (χ3v) is 9.78. The molecule has 0 amide bonds. The fourth-order valence-corrected chi connectivity index (χ4v) is 7.36. The van der Waals surface area contributed by atoms with Crippen molar-refractivity contribution < 1.29 is 8.42 Å². The molecule has 0 heterocycles. The molecule has 0 saturated carbocycles. The molecule has 6 aromatic rings. The Morgan fingerprint density at radius 2 is 0.789 bits per heavy atom. The second-order valence-electron chi connectivity index (χ2n) is 9.48. The van der Waals surface area contributed by atoms with Crippen molar-refractivity contribution in [1.29, 1.82) is 0 Å². The Morgan fingerprint density at radius 1 is 0.421 bits per heavy atom. The van der Waals surface area contributed by atoms with Crippen LogP contribution in [0.25, 0.3) is 32.7 Å². The molecule has 0 aliphatic heterocycles. The van der Waals surface area contributed by atoms with E-state index in [1.807, 2.05) is 111 Å². The van der Waals surface area contributed by atoms with E-state index in [9.17, 15) is 8.42 Å². The fraction of sp³-hybridized carbons (Fsp3) is 0.0588. The van der Waals surface area contributed by atoms with Gasteiger partial charge < -0.3 is 0 Å². The molecule has 4 heteroatoms. The molecule has 0 aliphatic rings. The van der Waals surface area contributed by atoms with E-state index in [4.69, 9.17) is 0 Å². The Balaban J connectivity index is 1.70. The molecule has 2 atom stereocenters. The normalized spacial score (nSPS) is 13.0. The number of hydrogen-bond donors (Lipinski definition) is 0. The lowest BCUT2D eigenvalue weighted by Crippen LogP contribution is -2.02. The van der Waals surface area contributed by atoms with Gasteiger partial charge in [0.15, 0.2) is 0 Å². The highest BCUT2D eigenvalue weighted by Crippen LogP contribution is 2.43. The van der Waals surface area contributed by atoms with Crippen LogP contribution in [0.5, 0.6) is 0 Å². The first-order valence-electron chi connectivity index (χ1n) is 12.5. The van der Waals surface area contributed by atoms with Crippen LogP contribution in [0.4, 0.5) is 0 Å². The van der Waals surface area contributed by atoms with E-state index in [1.54, 1.807) is 0 Å². The van der Waals surface area contributed by atoms with Crippen LogP contribution in [0, 0.1) is 13.8 Å². The van der Waals surface area contributed by atoms with Gasteiger partial charge in [-0.25, -0.2) is 8.42 Å². The first-order chi connectivity index (χ1) is 18.5. The molecule has 6 aromatic carbocycles. The molecule has 2 unspecified atom stereocenters. The first kappa shape index (κ1) is 24.5. The van der Waals surface area contributed by atoms with Gasteiger partial charge in [-0.2, -0.15) is 0 Å². The molecule has 0 aliphatic carbocycles. The Kier molecular flexibility index (Phi) is 6.52. The lowest BCUT2D eigenvalue weighted by atomic mass is 9.94. The second-order valence-corrected chi connectivity index (χ2v) is 12.4. The second kappa shape index (κ2) is 10.1. The summed E-state index contributed by atoms with van der Waals surface area (Å²) in [6.45, 7) is 4.05. The van der Waals surface area contributed by atoms with Crippen molar-refractivity contribution in [2.24, 2.45) is 0 Å². The highest BCUT2D eigenvalue weighted by Gasteiger charge is 2.23. The quantitative estimate of drug-likeness (QED) is 0.224. The highest BCUT2D eigenvalue weighted by molar-refractivity contribution is 7.85. The van der Waals surface area contributed by atoms with Gasteiger partial charge in [-0.3, -0.25) is 0 Å². The minimum absolute atomic E-state index is 0.714. The highest BCUT2D eigenvalue weighted by atomic mass is 32.2. The third kappa shape index (κ3) is 4.40. The summed E-state index contributed by atoms with van der Waals surface area (Å²) in [5.74, 6) is 0. The van der Waals surface area contributed by atoms with E-state index in [0.29, 0.717) is 9.79 Å². The SMILES string of the molecule is Cc1ccc(S(=O)c2ccc3ccccc3c2-c2c(S(=O)c3ccc(C)cc3)ccc3ccccc23)cc1. The summed E-state index contributed by atoms with van der Waals surface area (Å²) in [4.78, 5) is 2.92. The maximum absolute atomic E-state index is 14.2. The third-order valence-electron chi connectivity index (χ3n) is 6.90. The largest absolute Gasteiger partial charge is 0.249 e. The van der Waals surface area contributed by atoms with Crippen molar-refractivity contribution in [3.05, 3.63) is 132 Å². The Bertz CT molecular complexity index is 1710. The number of benzene rings is 6. The molecular formula is C34H26O2S2. The van der Waals surface area contributed by atoms with Gasteiger partial charge in [-0.1, -0.05) is 96.1 Å². The van der Waals surface area contributed by atoms with E-state index < -0.39 is 21.6 Å². The molecule has 0 spiro atoms. The van der Waals surface area contributed by atoms with E-state index in [1.165, 1.54) is 0 Å². The smallest absolute Gasteiger partial charge is 0.0856 e. The lowest BCUT2D eigenvalue weighted by Gasteiger charge is -2.19. The summed E-state index contributed by atoms with van der Waals surface area (Å²) < 4.78 is 28.3. The molecular weight excluding hydrogens is 505 g/mol. The topological polar surface area (TPSA) is 34.1 Å². The standard InChI is InChI=1S/C34H26O2S2/c1-23-11-17-27(18-12-23)37(35)31-21-15-25-7-3-5-9-29(25)33(31)34-30-10-6-4-8-26(30)16-22-32(34)38(36)28-19-13-24(2)14-20-28/h3-22H,1-2H3. The molecule has 2 nitrogen and oxygen atoms in total. The molecule has 186 valence electrons. The van der Waals surface area contributed by atoms with Crippen molar-refractivity contribution >= 4 is 43.1 Å². The maximum atomic E-state index is 14.2. The molecule has 38 heavy (non-hydrogen) atoms. The Labute approximate surface area is 227 Å². The molecule has 6 rings (SSSR count). The average molecular weight is 531 g/mol. The number of aryl methyl sites for hydroxylation is 2. The van der Waals surface area contributed by atoms with E-state index in [2.05, 4.69) is 24.3 Å². The summed E-state index contributed by atoms with van der Waals surface area (Å²) in [6, 6.07) is 40.0. The number of rotatable bonds is 5. The molecule has 0 radical (unpaired) electrons. The number of fused-ring (bicyclic) bond motifs is 2. The predicted molar refractivity (Wildman–Crippen MR) is 159 cm³/mol. The van der Waals surface area contributed by atoms with Crippen LogP contribution in [0.2, 0.25) is 0 Å². The van der Waals surface area contributed by atoms with Crippen molar-refractivity contribution in [3.8, 4) is 11.1 Å². The summed E-state index contributed by atoms with van der Waals surface area (Å²) >= 11 is 0. The minimum Gasteiger partial charge on any atom is -0.249 e. The predicted octanol–water partition coefficient (Wildman–Crippen LogP) is 8.61. The molecule has 0 fully saturated rings. The lowest BCUT2D eigenvalue weighted by molar-refractivity contribution is 0.682. The molecule has 0 saturated heterocycles. The molecule has 0 aromatic heterocycles. The van der Waals surface area contributed by atoms with Crippen molar-refractivity contribution in [1.82, 2.24) is 0 Å². The van der Waals surface area contributed by atoms with Gasteiger partial charge in [0.1, 0.15) is 0 Å². The van der Waals surface area contributed by atoms with Crippen molar-refractivity contribution in [3.63, 3.8) is 0 Å². The van der Waals surface area contributed by atoms with Crippen LogP contribution in [0.1, 0.15) is 11.1 Å². The van der Waals surface area contributed by atoms with Gasteiger partial charge in [-0.05, 0) is 71.8 Å². The number of hydrogen-bond acceptors (Lipinski definition) is 2. The zero-order valence-corrected chi connectivity index (χ0v) is 22.8. The van der Waals surface area contributed by atoms with Gasteiger partial charge in [-0.15, -0.1) is 0 Å². The summed E-state index contributed by atoms with van der Waals surface area (Å²) in [5.41, 5.74) is 3.98. The minimum atomic E-state index is -1.43. The average Bonchev–Trinajstić information content (AvgIpc) is 2.96. The van der Waals surface area contributed by atoms with Gasteiger partial charge in [0.05, 0.1) is 31.4 Å². The molecule has 0 N–H and O–H groups in total. The maximum Gasteiger partial charge on any atom is 0.0856 e. The Morgan fingerprint density at radius 3 is 1.18 bits per heavy atom. The van der Waals surface area contributed by atoms with Gasteiger partial charge >= 0.3 is 0 Å². The fourth-order valence-electron chi connectivity index (χ4n) is 4.91. The summed E-state index contributed by atoms with van der Waals surface area (Å²) in [7, 11) is -2.87. The first-order valence-corrected chi connectivity index (χ1v) is 14.8.